The first-order valence-electron chi connectivity index (χ1n) is 14.2. The normalized spacial score (nSPS) is 11.5. The number of hydrogen-bond donors (Lipinski definition) is 0. The van der Waals surface area contributed by atoms with E-state index >= 15 is 0 Å². The summed E-state index contributed by atoms with van der Waals surface area (Å²) in [5, 5.41) is 0. The van der Waals surface area contributed by atoms with E-state index in [4.69, 9.17) is 0 Å². The molecule has 0 radical (unpaired) electrons. The highest BCUT2D eigenvalue weighted by molar-refractivity contribution is 5.73. The number of anilines is 2. The van der Waals surface area contributed by atoms with Crippen molar-refractivity contribution in [1.82, 2.24) is 0 Å². The monoisotopic (exact) mass is 494 g/mol. The van der Waals surface area contributed by atoms with E-state index < -0.39 is 0 Å². The lowest BCUT2D eigenvalue weighted by Gasteiger charge is -2.24. The van der Waals surface area contributed by atoms with Gasteiger partial charge in [0.25, 0.3) is 0 Å². The summed E-state index contributed by atoms with van der Waals surface area (Å²) in [6.45, 7) is 10.2. The smallest absolute Gasteiger partial charge is 0.0366 e. The molecule has 3 rings (SSSR count). The summed E-state index contributed by atoms with van der Waals surface area (Å²) in [5.41, 5.74) is 7.51. The Labute approximate surface area is 226 Å². The van der Waals surface area contributed by atoms with Crippen molar-refractivity contribution in [3.05, 3.63) is 95.1 Å². The second-order valence-corrected chi connectivity index (χ2v) is 9.99. The lowest BCUT2D eigenvalue weighted by Crippen LogP contribution is -2.25. The molecule has 0 bridgehead atoms. The zero-order valence-corrected chi connectivity index (χ0v) is 23.5. The Morgan fingerprint density at radius 2 is 0.784 bits per heavy atom. The number of rotatable bonds is 15. The molecule has 0 atom stereocenters. The minimum absolute atomic E-state index is 1.11. The van der Waals surface area contributed by atoms with E-state index in [1.165, 1.54) is 72.2 Å². The Morgan fingerprint density at radius 1 is 0.459 bits per heavy atom. The van der Waals surface area contributed by atoms with Gasteiger partial charge >= 0.3 is 0 Å². The van der Waals surface area contributed by atoms with Gasteiger partial charge in [-0.05, 0) is 65.8 Å². The van der Waals surface area contributed by atoms with E-state index in [0.29, 0.717) is 0 Å². The third-order valence-corrected chi connectivity index (χ3v) is 6.88. The van der Waals surface area contributed by atoms with E-state index in [9.17, 15) is 0 Å². The third-order valence-electron chi connectivity index (χ3n) is 6.88. The maximum Gasteiger partial charge on any atom is 0.0366 e. The highest BCUT2D eigenvalue weighted by atomic mass is 15.1. The van der Waals surface area contributed by atoms with E-state index in [-0.39, 0.29) is 0 Å². The lowest BCUT2D eigenvalue weighted by molar-refractivity contribution is 0.678. The average Bonchev–Trinajstić information content (AvgIpc) is 2.95. The van der Waals surface area contributed by atoms with Crippen LogP contribution in [0.4, 0.5) is 11.4 Å². The summed E-state index contributed by atoms with van der Waals surface area (Å²) >= 11 is 0. The van der Waals surface area contributed by atoms with E-state index in [1.54, 1.807) is 0 Å². The zero-order valence-electron chi connectivity index (χ0n) is 23.5. The van der Waals surface area contributed by atoms with Crippen LogP contribution < -0.4 is 9.80 Å². The first-order valence-corrected chi connectivity index (χ1v) is 14.2. The average molecular weight is 495 g/mol. The second kappa shape index (κ2) is 15.8. The van der Waals surface area contributed by atoms with Crippen molar-refractivity contribution in [2.24, 2.45) is 0 Å². The lowest BCUT2D eigenvalue weighted by atomic mass is 10.1. The Hall–Kier alpha value is -3.26. The Bertz CT molecular complexity index is 1070. The molecule has 0 heterocycles. The summed E-state index contributed by atoms with van der Waals surface area (Å²) in [7, 11) is 2.17. The minimum atomic E-state index is 1.11. The van der Waals surface area contributed by atoms with Crippen molar-refractivity contribution in [2.45, 2.75) is 59.3 Å². The number of unbranched alkanes of at least 4 members (excludes halogenated alkanes) is 3. The van der Waals surface area contributed by atoms with Crippen LogP contribution in [0.1, 0.15) is 81.5 Å². The van der Waals surface area contributed by atoms with Gasteiger partial charge in [0.05, 0.1) is 0 Å². The molecule has 3 aromatic rings. The number of nitrogens with zero attached hydrogens (tertiary/aromatic N) is 2. The molecule has 0 saturated carbocycles. The molecule has 0 aliphatic heterocycles. The van der Waals surface area contributed by atoms with Crippen molar-refractivity contribution in [3.8, 4) is 0 Å². The Balaban J connectivity index is 1.56. The molecule has 0 unspecified atom stereocenters. The molecule has 0 aliphatic carbocycles. The number of hydrogen-bond acceptors (Lipinski definition) is 2. The Kier molecular flexibility index (Phi) is 12.1. The summed E-state index contributed by atoms with van der Waals surface area (Å²) in [6.07, 6.45) is 16.2. The van der Waals surface area contributed by atoms with Crippen molar-refractivity contribution < 1.29 is 0 Å². The van der Waals surface area contributed by atoms with Crippen LogP contribution in [0, 0.1) is 0 Å². The van der Waals surface area contributed by atoms with Gasteiger partial charge in [0.15, 0.2) is 0 Å². The van der Waals surface area contributed by atoms with Gasteiger partial charge in [0, 0.05) is 38.1 Å². The van der Waals surface area contributed by atoms with Gasteiger partial charge in [0.1, 0.15) is 0 Å². The largest absolute Gasteiger partial charge is 0.375 e. The molecule has 0 aromatic heterocycles. The predicted octanol–water partition coefficient (Wildman–Crippen LogP) is 9.67. The molecule has 2 nitrogen and oxygen atoms in total. The molecule has 2 heteroatoms. The summed E-state index contributed by atoms with van der Waals surface area (Å²) < 4.78 is 0. The van der Waals surface area contributed by atoms with Gasteiger partial charge in [-0.3, -0.25) is 0 Å². The number of benzene rings is 3. The highest BCUT2D eigenvalue weighted by Gasteiger charge is 2.05. The molecular weight excluding hydrogens is 448 g/mol. The van der Waals surface area contributed by atoms with Gasteiger partial charge in [-0.25, -0.2) is 0 Å². The van der Waals surface area contributed by atoms with Crippen LogP contribution in [0.15, 0.2) is 72.8 Å². The van der Waals surface area contributed by atoms with Crippen molar-refractivity contribution in [1.29, 1.82) is 0 Å². The zero-order chi connectivity index (χ0) is 26.3. The maximum atomic E-state index is 2.53. The molecule has 0 spiro atoms. The van der Waals surface area contributed by atoms with Crippen molar-refractivity contribution in [3.63, 3.8) is 0 Å². The molecule has 0 saturated heterocycles. The van der Waals surface area contributed by atoms with Crippen LogP contribution in [-0.4, -0.2) is 26.7 Å². The summed E-state index contributed by atoms with van der Waals surface area (Å²) in [4.78, 5) is 4.86. The van der Waals surface area contributed by atoms with Crippen LogP contribution in [0.3, 0.4) is 0 Å². The topological polar surface area (TPSA) is 6.48 Å². The quantitative estimate of drug-likeness (QED) is 0.194. The molecule has 196 valence electrons. The first-order chi connectivity index (χ1) is 18.1. The standard InChI is InChI=1S/C35H46N2/c1-5-8-27-36(4)34-23-19-32(20-24-34)17-15-30-11-13-31(14-12-30)16-18-33-21-25-35(26-22-33)37(28-9-6-2)29-10-7-3/h11-26H,5-10,27-29H2,1-4H3/b17-15+,18-16+. The maximum absolute atomic E-state index is 2.53. The van der Waals surface area contributed by atoms with Gasteiger partial charge < -0.3 is 9.80 Å². The van der Waals surface area contributed by atoms with E-state index in [2.05, 4.69) is 135 Å². The summed E-state index contributed by atoms with van der Waals surface area (Å²) in [5.74, 6) is 0. The predicted molar refractivity (Wildman–Crippen MR) is 167 cm³/mol. The molecular formula is C35H46N2. The molecule has 0 N–H and O–H groups in total. The van der Waals surface area contributed by atoms with Crippen molar-refractivity contribution in [2.75, 3.05) is 36.5 Å². The molecule has 3 aromatic carbocycles. The molecule has 37 heavy (non-hydrogen) atoms. The summed E-state index contributed by atoms with van der Waals surface area (Å²) in [6, 6.07) is 26.6. The molecule has 0 fully saturated rings. The van der Waals surface area contributed by atoms with Crippen molar-refractivity contribution >= 4 is 35.7 Å². The van der Waals surface area contributed by atoms with Gasteiger partial charge in [-0.2, -0.15) is 0 Å². The van der Waals surface area contributed by atoms with E-state index in [0.717, 1.165) is 19.6 Å². The van der Waals surface area contributed by atoms with E-state index in [1.807, 2.05) is 0 Å². The first kappa shape index (κ1) is 28.3. The van der Waals surface area contributed by atoms with Crippen LogP contribution in [0.25, 0.3) is 24.3 Å². The van der Waals surface area contributed by atoms with Gasteiger partial charge in [-0.1, -0.05) is 113 Å². The molecule has 0 aliphatic rings. The second-order valence-electron chi connectivity index (χ2n) is 9.99. The Morgan fingerprint density at radius 3 is 1.16 bits per heavy atom. The van der Waals surface area contributed by atoms with Gasteiger partial charge in [-0.15, -0.1) is 0 Å². The fourth-order valence-electron chi connectivity index (χ4n) is 4.33. The van der Waals surface area contributed by atoms with Crippen LogP contribution in [0.5, 0.6) is 0 Å². The van der Waals surface area contributed by atoms with Gasteiger partial charge in [0.2, 0.25) is 0 Å². The minimum Gasteiger partial charge on any atom is -0.375 e. The SMILES string of the molecule is CCCCN(C)c1ccc(/C=C/c2ccc(/C=C/c3ccc(N(CCCC)CCCC)cc3)cc2)cc1. The fourth-order valence-corrected chi connectivity index (χ4v) is 4.33. The molecule has 0 amide bonds. The highest BCUT2D eigenvalue weighted by Crippen LogP contribution is 2.20. The van der Waals surface area contributed by atoms with Crippen LogP contribution >= 0.6 is 0 Å². The van der Waals surface area contributed by atoms with Crippen LogP contribution in [-0.2, 0) is 0 Å². The fraction of sp³-hybridized carbons (Fsp3) is 0.371. The third kappa shape index (κ3) is 9.61. The van der Waals surface area contributed by atoms with Crippen LogP contribution in [0.2, 0.25) is 0 Å².